The van der Waals surface area contributed by atoms with Crippen LogP contribution < -0.4 is 0 Å². The number of ketones is 1. The van der Waals surface area contributed by atoms with E-state index in [1.807, 2.05) is 6.07 Å². The minimum atomic E-state index is -1.34. The quantitative estimate of drug-likeness (QED) is 0.840. The van der Waals surface area contributed by atoms with Gasteiger partial charge in [0.25, 0.3) is 0 Å². The third-order valence-electron chi connectivity index (χ3n) is 2.56. The standard InChI is InChI=1S/C14H14O2/c15-13(11-7-3-1-4-8-11)14(16)12-9-5-2-6-10-12/h1-9,12-13,15H,10H2/i12D. The molecule has 0 amide bonds. The Labute approximate surface area is 96.3 Å². The first-order chi connectivity index (χ1) is 8.13. The summed E-state index contributed by atoms with van der Waals surface area (Å²) in [5.74, 6) is -1.83. The molecule has 0 aromatic heterocycles. The van der Waals surface area contributed by atoms with E-state index < -0.39 is 17.8 Å². The van der Waals surface area contributed by atoms with Gasteiger partial charge in [0.2, 0.25) is 0 Å². The van der Waals surface area contributed by atoms with Crippen LogP contribution in [0, 0.1) is 5.89 Å². The Hall–Kier alpha value is -1.67. The van der Waals surface area contributed by atoms with Gasteiger partial charge >= 0.3 is 0 Å². The maximum absolute atomic E-state index is 12.1. The fourth-order valence-corrected chi connectivity index (χ4v) is 1.66. The van der Waals surface area contributed by atoms with Crippen molar-refractivity contribution in [2.75, 3.05) is 0 Å². The molecule has 0 saturated carbocycles. The molecule has 1 aliphatic rings. The molecule has 82 valence electrons. The normalized spacial score (nSPS) is 26.2. The van der Waals surface area contributed by atoms with Gasteiger partial charge in [0.1, 0.15) is 6.10 Å². The monoisotopic (exact) mass is 215 g/mol. The number of allylic oxidation sites excluding steroid dienone is 4. The van der Waals surface area contributed by atoms with Gasteiger partial charge in [-0.25, -0.2) is 0 Å². The lowest BCUT2D eigenvalue weighted by atomic mass is 9.90. The van der Waals surface area contributed by atoms with E-state index in [4.69, 9.17) is 1.37 Å². The van der Waals surface area contributed by atoms with Gasteiger partial charge in [0, 0.05) is 7.26 Å². The first kappa shape index (κ1) is 9.55. The second-order valence-corrected chi connectivity index (χ2v) is 3.69. The fraction of sp³-hybridized carbons (Fsp3) is 0.214. The van der Waals surface area contributed by atoms with E-state index in [1.54, 1.807) is 42.5 Å². The van der Waals surface area contributed by atoms with Gasteiger partial charge in [-0.15, -0.1) is 0 Å². The number of carbonyl (C=O) groups excluding carboxylic acids is 1. The van der Waals surface area contributed by atoms with Crippen molar-refractivity contribution < 1.29 is 11.3 Å². The summed E-state index contributed by atoms with van der Waals surface area (Å²) in [6, 6.07) is 8.72. The molecule has 0 aliphatic heterocycles. The van der Waals surface area contributed by atoms with Crippen LogP contribution in [0.4, 0.5) is 0 Å². The molecule has 0 spiro atoms. The number of carbonyl (C=O) groups is 1. The summed E-state index contributed by atoms with van der Waals surface area (Å²) in [7, 11) is 0. The maximum atomic E-state index is 12.1. The van der Waals surface area contributed by atoms with Crippen LogP contribution >= 0.6 is 0 Å². The van der Waals surface area contributed by atoms with E-state index in [1.165, 1.54) is 6.08 Å². The molecule has 0 bridgehead atoms. The number of rotatable bonds is 3. The molecule has 16 heavy (non-hydrogen) atoms. The molecule has 1 aromatic rings. The van der Waals surface area contributed by atoms with Gasteiger partial charge in [-0.05, 0) is 12.0 Å². The lowest BCUT2D eigenvalue weighted by Crippen LogP contribution is -2.20. The average Bonchev–Trinajstić information content (AvgIpc) is 2.39. The smallest absolute Gasteiger partial charge is 0.172 e. The molecular formula is C14H14O2. The molecule has 2 heteroatoms. The molecule has 0 fully saturated rings. The zero-order valence-electron chi connectivity index (χ0n) is 9.84. The van der Waals surface area contributed by atoms with Gasteiger partial charge < -0.3 is 5.11 Å². The van der Waals surface area contributed by atoms with Crippen molar-refractivity contribution in [1.29, 1.82) is 0 Å². The molecule has 2 unspecified atom stereocenters. The van der Waals surface area contributed by atoms with Crippen LogP contribution in [-0.4, -0.2) is 10.9 Å². The zero-order chi connectivity index (χ0) is 12.3. The van der Waals surface area contributed by atoms with Crippen LogP contribution in [0.1, 0.15) is 19.5 Å². The van der Waals surface area contributed by atoms with Crippen molar-refractivity contribution in [2.24, 2.45) is 5.89 Å². The molecule has 0 heterocycles. The molecule has 1 N–H and O–H groups in total. The number of Topliss-reactive ketones (excluding diaryl/α,β-unsaturated/α-hetero) is 1. The van der Waals surface area contributed by atoms with Gasteiger partial charge in [-0.2, -0.15) is 0 Å². The van der Waals surface area contributed by atoms with E-state index in [-0.39, 0.29) is 0 Å². The molecule has 0 radical (unpaired) electrons. The van der Waals surface area contributed by atoms with Crippen molar-refractivity contribution in [3.8, 4) is 0 Å². The predicted octanol–water partition coefficient (Wildman–Crippen LogP) is 2.42. The Kier molecular flexibility index (Phi) is 2.93. The number of hydrogen-bond acceptors (Lipinski definition) is 2. The fourth-order valence-electron chi connectivity index (χ4n) is 1.66. The second kappa shape index (κ2) is 4.90. The summed E-state index contributed by atoms with van der Waals surface area (Å²) in [4.78, 5) is 12.1. The SMILES string of the molecule is [2H]C1(C(=O)C(O)c2ccccc2)C=CC=CC1. The summed E-state index contributed by atoms with van der Waals surface area (Å²) in [6.07, 6.45) is 5.85. The topological polar surface area (TPSA) is 37.3 Å². The number of aliphatic hydroxyl groups is 1. The van der Waals surface area contributed by atoms with E-state index in [0.29, 0.717) is 12.0 Å². The third-order valence-corrected chi connectivity index (χ3v) is 2.56. The van der Waals surface area contributed by atoms with Crippen molar-refractivity contribution in [1.82, 2.24) is 0 Å². The van der Waals surface area contributed by atoms with Crippen molar-refractivity contribution >= 4 is 5.78 Å². The van der Waals surface area contributed by atoms with Crippen LogP contribution in [0.3, 0.4) is 0 Å². The van der Waals surface area contributed by atoms with Crippen LogP contribution in [0.25, 0.3) is 0 Å². The highest BCUT2D eigenvalue weighted by molar-refractivity contribution is 5.88. The van der Waals surface area contributed by atoms with E-state index in [9.17, 15) is 9.90 Å². The lowest BCUT2D eigenvalue weighted by molar-refractivity contribution is -0.130. The average molecular weight is 215 g/mol. The Morgan fingerprint density at radius 3 is 2.75 bits per heavy atom. The van der Waals surface area contributed by atoms with Crippen molar-refractivity contribution in [2.45, 2.75) is 12.5 Å². The summed E-state index contributed by atoms with van der Waals surface area (Å²) in [5, 5.41) is 9.98. The van der Waals surface area contributed by atoms with Gasteiger partial charge in [0.05, 0.1) is 0 Å². The van der Waals surface area contributed by atoms with Gasteiger partial charge in [-0.1, -0.05) is 54.6 Å². The van der Waals surface area contributed by atoms with E-state index >= 15 is 0 Å². The Morgan fingerprint density at radius 1 is 1.38 bits per heavy atom. The summed E-state index contributed by atoms with van der Waals surface area (Å²) < 4.78 is 8.06. The Balaban J connectivity index is 2.21. The summed E-state index contributed by atoms with van der Waals surface area (Å²) >= 11 is 0. The number of hydrogen-bond donors (Lipinski definition) is 1. The summed E-state index contributed by atoms with van der Waals surface area (Å²) in [5.41, 5.74) is 0.534. The first-order valence-corrected chi connectivity index (χ1v) is 5.25. The molecule has 0 saturated heterocycles. The third kappa shape index (κ3) is 2.28. The highest BCUT2D eigenvalue weighted by Gasteiger charge is 2.24. The molecule has 2 rings (SSSR count). The van der Waals surface area contributed by atoms with Crippen molar-refractivity contribution in [3.05, 3.63) is 60.2 Å². The summed E-state index contributed by atoms with van der Waals surface area (Å²) in [6.45, 7) is 0. The highest BCUT2D eigenvalue weighted by Crippen LogP contribution is 2.22. The van der Waals surface area contributed by atoms with Crippen LogP contribution in [0.5, 0.6) is 0 Å². The predicted molar refractivity (Wildman–Crippen MR) is 62.8 cm³/mol. The molecule has 1 aliphatic carbocycles. The number of aliphatic hydroxyl groups excluding tert-OH is 1. The van der Waals surface area contributed by atoms with Crippen LogP contribution in [-0.2, 0) is 4.79 Å². The number of benzene rings is 1. The Bertz CT molecular complexity index is 464. The second-order valence-electron chi connectivity index (χ2n) is 3.69. The lowest BCUT2D eigenvalue weighted by Gasteiger charge is -2.16. The van der Waals surface area contributed by atoms with Gasteiger partial charge in [0.15, 0.2) is 5.78 Å². The van der Waals surface area contributed by atoms with Gasteiger partial charge in [-0.3, -0.25) is 4.79 Å². The van der Waals surface area contributed by atoms with Crippen molar-refractivity contribution in [3.63, 3.8) is 0 Å². The van der Waals surface area contributed by atoms with Crippen LogP contribution in [0.15, 0.2) is 54.6 Å². The molecule has 1 aromatic carbocycles. The highest BCUT2D eigenvalue weighted by atomic mass is 16.3. The molecule has 2 nitrogen and oxygen atoms in total. The van der Waals surface area contributed by atoms with E-state index in [2.05, 4.69) is 0 Å². The Morgan fingerprint density at radius 2 is 2.12 bits per heavy atom. The largest absolute Gasteiger partial charge is 0.381 e. The molecular weight excluding hydrogens is 200 g/mol. The van der Waals surface area contributed by atoms with E-state index in [0.717, 1.165) is 0 Å². The minimum Gasteiger partial charge on any atom is -0.381 e. The minimum absolute atomic E-state index is 0.312. The molecule has 2 atom stereocenters. The van der Waals surface area contributed by atoms with Crippen LogP contribution in [0.2, 0.25) is 0 Å². The first-order valence-electron chi connectivity index (χ1n) is 5.75. The zero-order valence-corrected chi connectivity index (χ0v) is 8.84. The maximum Gasteiger partial charge on any atom is 0.172 e.